The normalized spacial score (nSPS) is 29.2. The van der Waals surface area contributed by atoms with Gasteiger partial charge < -0.3 is 10.1 Å². The maximum absolute atomic E-state index is 11.8. The molecule has 18 heavy (non-hydrogen) atoms. The molecule has 0 aromatic heterocycles. The molecule has 2 bridgehead atoms. The fraction of sp³-hybridized carbons (Fsp3) is 0.500. The van der Waals surface area contributed by atoms with Crippen LogP contribution < -0.4 is 10.6 Å². The minimum absolute atomic E-state index is 0.325. The Kier molecular flexibility index (Phi) is 2.96. The highest BCUT2D eigenvalue weighted by Crippen LogP contribution is 2.38. The Labute approximate surface area is 107 Å². The highest BCUT2D eigenvalue weighted by molar-refractivity contribution is 5.67. The summed E-state index contributed by atoms with van der Waals surface area (Å²) < 4.78 is 5.55. The van der Waals surface area contributed by atoms with Gasteiger partial charge in [-0.05, 0) is 18.4 Å². The smallest absolute Gasteiger partial charge is 0.409 e. The van der Waals surface area contributed by atoms with Crippen LogP contribution in [0.4, 0.5) is 4.79 Å². The van der Waals surface area contributed by atoms with Crippen molar-refractivity contribution in [3.05, 3.63) is 35.9 Å². The zero-order chi connectivity index (χ0) is 12.4. The van der Waals surface area contributed by atoms with Crippen LogP contribution >= 0.6 is 0 Å². The molecule has 0 unspecified atom stereocenters. The van der Waals surface area contributed by atoms with Crippen LogP contribution in [-0.2, 0) is 11.3 Å². The average molecular weight is 246 g/mol. The van der Waals surface area contributed by atoms with Crippen LogP contribution in [0.3, 0.4) is 0 Å². The van der Waals surface area contributed by atoms with Gasteiger partial charge in [0.15, 0.2) is 5.72 Å². The molecule has 0 saturated carbocycles. The van der Waals surface area contributed by atoms with Gasteiger partial charge in [-0.2, -0.15) is 0 Å². The number of rotatable bonds is 3. The van der Waals surface area contributed by atoms with Gasteiger partial charge in [0.25, 0.3) is 0 Å². The third kappa shape index (κ3) is 2.34. The van der Waals surface area contributed by atoms with Gasteiger partial charge >= 0.3 is 6.09 Å². The molecule has 2 fully saturated rings. The summed E-state index contributed by atoms with van der Waals surface area (Å²) >= 11 is 0. The molecule has 2 aliphatic rings. The lowest BCUT2D eigenvalue weighted by Crippen LogP contribution is -2.43. The van der Waals surface area contributed by atoms with Crippen LogP contribution in [0.25, 0.3) is 0 Å². The second-order valence-corrected chi connectivity index (χ2v) is 5.14. The summed E-state index contributed by atoms with van der Waals surface area (Å²) in [5.74, 6) is 0. The SMILES string of the molecule is O=C(NCc1ccccc1)OC12CCC(CC1)N2. The zero-order valence-corrected chi connectivity index (χ0v) is 10.3. The summed E-state index contributed by atoms with van der Waals surface area (Å²) in [7, 11) is 0. The van der Waals surface area contributed by atoms with Gasteiger partial charge in [-0.3, -0.25) is 5.32 Å². The van der Waals surface area contributed by atoms with Gasteiger partial charge in [-0.1, -0.05) is 30.3 Å². The topological polar surface area (TPSA) is 50.4 Å². The van der Waals surface area contributed by atoms with Crippen molar-refractivity contribution >= 4 is 6.09 Å². The maximum Gasteiger partial charge on any atom is 0.409 e. The molecule has 2 heterocycles. The fourth-order valence-corrected chi connectivity index (χ4v) is 2.86. The molecule has 4 heteroatoms. The predicted molar refractivity (Wildman–Crippen MR) is 67.9 cm³/mol. The fourth-order valence-electron chi connectivity index (χ4n) is 2.86. The summed E-state index contributed by atoms with van der Waals surface area (Å²) in [5.41, 5.74) is 0.696. The monoisotopic (exact) mass is 246 g/mol. The second kappa shape index (κ2) is 4.61. The number of ether oxygens (including phenoxy) is 1. The highest BCUT2D eigenvalue weighted by atomic mass is 16.6. The standard InChI is InChI=1S/C14H18N2O2/c17-13(15-10-11-4-2-1-3-5-11)18-14-8-6-12(16-14)7-9-14/h1-5,12,16H,6-10H2,(H,15,17). The van der Waals surface area contributed by atoms with Gasteiger partial charge in [0.1, 0.15) is 0 Å². The largest absolute Gasteiger partial charge is 0.428 e. The molecule has 1 aromatic carbocycles. The molecule has 1 aromatic rings. The Bertz CT molecular complexity index is 425. The third-order valence-corrected chi connectivity index (χ3v) is 3.83. The van der Waals surface area contributed by atoms with E-state index in [1.807, 2.05) is 30.3 Å². The molecule has 0 spiro atoms. The zero-order valence-electron chi connectivity index (χ0n) is 10.3. The number of hydrogen-bond donors (Lipinski definition) is 2. The van der Waals surface area contributed by atoms with E-state index in [0.29, 0.717) is 12.6 Å². The van der Waals surface area contributed by atoms with Crippen molar-refractivity contribution in [2.45, 2.75) is 44.0 Å². The summed E-state index contributed by atoms with van der Waals surface area (Å²) in [6.07, 6.45) is 3.79. The van der Waals surface area contributed by atoms with Crippen LogP contribution in [0, 0.1) is 0 Å². The van der Waals surface area contributed by atoms with E-state index in [4.69, 9.17) is 4.74 Å². The molecular formula is C14H18N2O2. The first-order chi connectivity index (χ1) is 8.76. The van der Waals surface area contributed by atoms with Crippen LogP contribution in [-0.4, -0.2) is 17.9 Å². The average Bonchev–Trinajstić information content (AvgIpc) is 2.97. The Balaban J connectivity index is 1.50. The first kappa shape index (κ1) is 11.5. The van der Waals surface area contributed by atoms with Crippen molar-refractivity contribution in [3.8, 4) is 0 Å². The van der Waals surface area contributed by atoms with E-state index in [1.165, 1.54) is 0 Å². The van der Waals surface area contributed by atoms with Crippen LogP contribution in [0.5, 0.6) is 0 Å². The minimum atomic E-state index is -0.383. The van der Waals surface area contributed by atoms with Gasteiger partial charge in [0.05, 0.1) is 0 Å². The molecule has 3 rings (SSSR count). The molecule has 4 nitrogen and oxygen atoms in total. The van der Waals surface area contributed by atoms with E-state index >= 15 is 0 Å². The van der Waals surface area contributed by atoms with E-state index in [1.54, 1.807) is 0 Å². The van der Waals surface area contributed by atoms with Crippen LogP contribution in [0.2, 0.25) is 0 Å². The van der Waals surface area contributed by atoms with E-state index < -0.39 is 0 Å². The quantitative estimate of drug-likeness (QED) is 0.859. The number of carbonyl (C=O) groups is 1. The lowest BCUT2D eigenvalue weighted by Gasteiger charge is -2.26. The van der Waals surface area contributed by atoms with Gasteiger partial charge in [0.2, 0.25) is 0 Å². The van der Waals surface area contributed by atoms with E-state index in [-0.39, 0.29) is 11.8 Å². The number of hydrogen-bond acceptors (Lipinski definition) is 3. The van der Waals surface area contributed by atoms with Crippen molar-refractivity contribution < 1.29 is 9.53 Å². The van der Waals surface area contributed by atoms with Crippen molar-refractivity contribution in [1.82, 2.24) is 10.6 Å². The molecule has 2 saturated heterocycles. The second-order valence-electron chi connectivity index (χ2n) is 5.14. The first-order valence-electron chi connectivity index (χ1n) is 6.54. The Morgan fingerprint density at radius 3 is 2.67 bits per heavy atom. The minimum Gasteiger partial charge on any atom is -0.428 e. The number of fused-ring (bicyclic) bond motifs is 2. The van der Waals surface area contributed by atoms with E-state index in [2.05, 4.69) is 10.6 Å². The number of carbonyl (C=O) groups excluding carboxylic acids is 1. The van der Waals surface area contributed by atoms with E-state index in [0.717, 1.165) is 31.2 Å². The Morgan fingerprint density at radius 2 is 2.06 bits per heavy atom. The van der Waals surface area contributed by atoms with Crippen molar-refractivity contribution in [2.24, 2.45) is 0 Å². The maximum atomic E-state index is 11.8. The molecule has 2 aliphatic heterocycles. The summed E-state index contributed by atoms with van der Waals surface area (Å²) in [4.78, 5) is 11.8. The van der Waals surface area contributed by atoms with Crippen molar-refractivity contribution in [3.63, 3.8) is 0 Å². The molecule has 2 N–H and O–H groups in total. The summed E-state index contributed by atoms with van der Waals surface area (Å²) in [6, 6.07) is 10.4. The van der Waals surface area contributed by atoms with Gasteiger partial charge in [-0.15, -0.1) is 0 Å². The van der Waals surface area contributed by atoms with Crippen LogP contribution in [0.1, 0.15) is 31.2 Å². The lowest BCUT2D eigenvalue weighted by molar-refractivity contribution is 0.00396. The predicted octanol–water partition coefficient (Wildman–Crippen LogP) is 2.15. The molecule has 96 valence electrons. The molecule has 1 amide bonds. The first-order valence-corrected chi connectivity index (χ1v) is 6.54. The van der Waals surface area contributed by atoms with Gasteiger partial charge in [-0.25, -0.2) is 4.79 Å². The number of nitrogens with one attached hydrogen (secondary N) is 2. The number of alkyl carbamates (subject to hydrolysis) is 1. The molecule has 0 radical (unpaired) electrons. The highest BCUT2D eigenvalue weighted by Gasteiger charge is 2.47. The number of benzene rings is 1. The third-order valence-electron chi connectivity index (χ3n) is 3.83. The molecular weight excluding hydrogens is 228 g/mol. The van der Waals surface area contributed by atoms with Gasteiger partial charge in [0, 0.05) is 25.4 Å². The summed E-state index contributed by atoms with van der Waals surface area (Å²) in [5, 5.41) is 6.19. The van der Waals surface area contributed by atoms with Crippen molar-refractivity contribution in [2.75, 3.05) is 0 Å². The number of amides is 1. The van der Waals surface area contributed by atoms with Crippen molar-refractivity contribution in [1.29, 1.82) is 0 Å². The Morgan fingerprint density at radius 1 is 1.33 bits per heavy atom. The Hall–Kier alpha value is -1.55. The molecule has 0 aliphatic carbocycles. The summed E-state index contributed by atoms with van der Waals surface area (Å²) in [6.45, 7) is 0.513. The van der Waals surface area contributed by atoms with Crippen LogP contribution in [0.15, 0.2) is 30.3 Å². The van der Waals surface area contributed by atoms with E-state index in [9.17, 15) is 4.79 Å². The molecule has 0 atom stereocenters. The lowest BCUT2D eigenvalue weighted by atomic mass is 9.98.